The smallest absolute Gasteiger partial charge is 0.329 e. The molecule has 1 heterocycles. The van der Waals surface area contributed by atoms with E-state index in [0.29, 0.717) is 0 Å². The Labute approximate surface area is 119 Å². The van der Waals surface area contributed by atoms with Gasteiger partial charge >= 0.3 is 6.18 Å². The molecule has 0 aliphatic heterocycles. The Bertz CT molecular complexity index is 642. The summed E-state index contributed by atoms with van der Waals surface area (Å²) in [6.07, 6.45) is -4.64. The third-order valence-corrected chi connectivity index (χ3v) is 2.93. The highest BCUT2D eigenvalue weighted by molar-refractivity contribution is 5.64. The van der Waals surface area contributed by atoms with Gasteiger partial charge in [0.15, 0.2) is 0 Å². The van der Waals surface area contributed by atoms with Crippen molar-refractivity contribution in [2.45, 2.75) is 13.1 Å². The Hall–Kier alpha value is -2.35. The van der Waals surface area contributed by atoms with Crippen molar-refractivity contribution in [2.24, 2.45) is 5.84 Å². The molecule has 2 rings (SSSR count). The van der Waals surface area contributed by atoms with Crippen molar-refractivity contribution < 1.29 is 13.2 Å². The van der Waals surface area contributed by atoms with Crippen LogP contribution in [0.1, 0.15) is 11.4 Å². The second-order valence-corrected chi connectivity index (χ2v) is 4.42. The number of alkyl halides is 3. The average Bonchev–Trinajstić information content (AvgIpc) is 2.45. The first-order valence-electron chi connectivity index (χ1n) is 6.05. The van der Waals surface area contributed by atoms with Gasteiger partial charge in [-0.05, 0) is 18.6 Å². The van der Waals surface area contributed by atoms with E-state index in [1.807, 2.05) is 19.1 Å². The summed E-state index contributed by atoms with van der Waals surface area (Å²) in [4.78, 5) is 8.44. The monoisotopic (exact) mass is 297 g/mol. The molecule has 0 aliphatic rings. The third-order valence-electron chi connectivity index (χ3n) is 2.93. The van der Waals surface area contributed by atoms with Crippen LogP contribution < -0.4 is 16.2 Å². The number of benzene rings is 1. The fourth-order valence-electron chi connectivity index (χ4n) is 1.87. The number of para-hydroxylation sites is 1. The van der Waals surface area contributed by atoms with Crippen LogP contribution in [0.15, 0.2) is 30.3 Å². The van der Waals surface area contributed by atoms with E-state index in [0.717, 1.165) is 11.3 Å². The van der Waals surface area contributed by atoms with Crippen molar-refractivity contribution in [3.8, 4) is 0 Å². The van der Waals surface area contributed by atoms with Gasteiger partial charge in [-0.3, -0.25) is 0 Å². The van der Waals surface area contributed by atoms with Gasteiger partial charge in [-0.15, -0.1) is 0 Å². The summed E-state index contributed by atoms with van der Waals surface area (Å²) in [5, 5.41) is 0. The quantitative estimate of drug-likeness (QED) is 0.673. The number of nitrogen functional groups attached to an aromatic ring is 1. The molecule has 0 amide bonds. The number of nitrogens with zero attached hydrogens (tertiary/aromatic N) is 3. The SMILES string of the molecule is Cc1ccccc1N(C)c1cc(NN)nc(C(F)(F)F)n1. The first-order valence-corrected chi connectivity index (χ1v) is 6.05. The van der Waals surface area contributed by atoms with E-state index in [9.17, 15) is 13.2 Å². The van der Waals surface area contributed by atoms with E-state index < -0.39 is 12.0 Å². The number of anilines is 3. The van der Waals surface area contributed by atoms with Crippen LogP contribution in [0.3, 0.4) is 0 Å². The lowest BCUT2D eigenvalue weighted by Crippen LogP contribution is -2.20. The molecule has 0 saturated heterocycles. The number of rotatable bonds is 3. The minimum absolute atomic E-state index is 0.0968. The van der Waals surface area contributed by atoms with Crippen LogP contribution in [0, 0.1) is 6.92 Å². The first-order chi connectivity index (χ1) is 9.82. The van der Waals surface area contributed by atoms with Gasteiger partial charge in [0.1, 0.15) is 11.6 Å². The molecular weight excluding hydrogens is 283 g/mol. The highest BCUT2D eigenvalue weighted by Gasteiger charge is 2.35. The van der Waals surface area contributed by atoms with Gasteiger partial charge in [0.2, 0.25) is 5.82 Å². The molecule has 21 heavy (non-hydrogen) atoms. The van der Waals surface area contributed by atoms with E-state index in [1.165, 1.54) is 6.07 Å². The fourth-order valence-corrected chi connectivity index (χ4v) is 1.87. The predicted molar refractivity (Wildman–Crippen MR) is 74.1 cm³/mol. The van der Waals surface area contributed by atoms with Gasteiger partial charge in [0, 0.05) is 18.8 Å². The molecule has 2 aromatic rings. The van der Waals surface area contributed by atoms with Gasteiger partial charge in [0.25, 0.3) is 0 Å². The molecular formula is C13H14F3N5. The summed E-state index contributed by atoms with van der Waals surface area (Å²) >= 11 is 0. The number of hydrazine groups is 1. The number of nitrogens with one attached hydrogen (secondary N) is 1. The second kappa shape index (κ2) is 5.57. The summed E-state index contributed by atoms with van der Waals surface area (Å²) in [6.45, 7) is 1.86. The number of halogens is 3. The summed E-state index contributed by atoms with van der Waals surface area (Å²) in [6, 6.07) is 8.65. The van der Waals surface area contributed by atoms with Crippen molar-refractivity contribution in [2.75, 3.05) is 17.4 Å². The topological polar surface area (TPSA) is 67.1 Å². The molecule has 0 bridgehead atoms. The Morgan fingerprint density at radius 3 is 2.43 bits per heavy atom. The zero-order valence-corrected chi connectivity index (χ0v) is 11.4. The number of hydrogen-bond donors (Lipinski definition) is 2. The normalized spacial score (nSPS) is 11.3. The van der Waals surface area contributed by atoms with Crippen LogP contribution in [0.2, 0.25) is 0 Å². The van der Waals surface area contributed by atoms with Crippen molar-refractivity contribution in [1.29, 1.82) is 0 Å². The molecule has 112 valence electrons. The molecule has 3 N–H and O–H groups in total. The van der Waals surface area contributed by atoms with Crippen LogP contribution in [0.4, 0.5) is 30.5 Å². The highest BCUT2D eigenvalue weighted by atomic mass is 19.4. The first kappa shape index (κ1) is 15.0. The second-order valence-electron chi connectivity index (χ2n) is 4.42. The van der Waals surface area contributed by atoms with Gasteiger partial charge in [0.05, 0.1) is 0 Å². The van der Waals surface area contributed by atoms with E-state index in [4.69, 9.17) is 5.84 Å². The molecule has 0 spiro atoms. The van der Waals surface area contributed by atoms with Crippen molar-refractivity contribution >= 4 is 17.3 Å². The minimum Gasteiger partial charge on any atom is -0.329 e. The largest absolute Gasteiger partial charge is 0.451 e. The Morgan fingerprint density at radius 1 is 1.19 bits per heavy atom. The molecule has 5 nitrogen and oxygen atoms in total. The van der Waals surface area contributed by atoms with Crippen LogP contribution in [-0.2, 0) is 6.18 Å². The lowest BCUT2D eigenvalue weighted by Gasteiger charge is -2.21. The lowest BCUT2D eigenvalue weighted by molar-refractivity contribution is -0.144. The average molecular weight is 297 g/mol. The van der Waals surface area contributed by atoms with Crippen molar-refractivity contribution in [1.82, 2.24) is 9.97 Å². The Kier molecular flexibility index (Phi) is 3.99. The van der Waals surface area contributed by atoms with Crippen molar-refractivity contribution in [3.63, 3.8) is 0 Å². The number of nitrogens with two attached hydrogens (primary N) is 1. The number of hydrogen-bond acceptors (Lipinski definition) is 5. The summed E-state index contributed by atoms with van der Waals surface area (Å²) in [7, 11) is 1.63. The van der Waals surface area contributed by atoms with Crippen LogP contribution in [-0.4, -0.2) is 17.0 Å². The fraction of sp³-hybridized carbons (Fsp3) is 0.231. The van der Waals surface area contributed by atoms with Gasteiger partial charge in [-0.1, -0.05) is 18.2 Å². The minimum atomic E-state index is -4.64. The number of aromatic nitrogens is 2. The molecule has 0 aliphatic carbocycles. The van der Waals surface area contributed by atoms with Gasteiger partial charge in [-0.2, -0.15) is 13.2 Å². The standard InChI is InChI=1S/C13H14F3N5/c1-8-5-3-4-6-9(8)21(2)11-7-10(20-17)18-12(19-11)13(14,15)16/h3-7H,17H2,1-2H3,(H,18,19,20). The molecule has 0 fully saturated rings. The molecule has 0 atom stereocenters. The van der Waals surface area contributed by atoms with Crippen LogP contribution in [0.25, 0.3) is 0 Å². The third kappa shape index (κ3) is 3.22. The summed E-state index contributed by atoms with van der Waals surface area (Å²) < 4.78 is 38.5. The van der Waals surface area contributed by atoms with E-state index in [-0.39, 0.29) is 11.6 Å². The molecule has 0 saturated carbocycles. The molecule has 1 aromatic heterocycles. The van der Waals surface area contributed by atoms with Crippen LogP contribution >= 0.6 is 0 Å². The molecule has 0 unspecified atom stereocenters. The zero-order chi connectivity index (χ0) is 15.6. The molecule has 1 aromatic carbocycles. The van der Waals surface area contributed by atoms with E-state index in [1.54, 1.807) is 24.1 Å². The van der Waals surface area contributed by atoms with Gasteiger partial charge in [-0.25, -0.2) is 15.8 Å². The summed E-state index contributed by atoms with van der Waals surface area (Å²) in [5.41, 5.74) is 3.78. The van der Waals surface area contributed by atoms with E-state index in [2.05, 4.69) is 15.4 Å². The summed E-state index contributed by atoms with van der Waals surface area (Å²) in [5.74, 6) is 3.92. The Morgan fingerprint density at radius 2 is 1.86 bits per heavy atom. The molecule has 0 radical (unpaired) electrons. The highest BCUT2D eigenvalue weighted by Crippen LogP contribution is 2.31. The lowest BCUT2D eigenvalue weighted by atomic mass is 10.2. The Balaban J connectivity index is 2.51. The maximum absolute atomic E-state index is 12.8. The van der Waals surface area contributed by atoms with Gasteiger partial charge < -0.3 is 10.3 Å². The predicted octanol–water partition coefficient (Wildman–Crippen LogP) is 2.86. The van der Waals surface area contributed by atoms with Crippen molar-refractivity contribution in [3.05, 3.63) is 41.7 Å². The van der Waals surface area contributed by atoms with Crippen LogP contribution in [0.5, 0.6) is 0 Å². The molecule has 8 heteroatoms. The maximum atomic E-state index is 12.8. The maximum Gasteiger partial charge on any atom is 0.451 e. The zero-order valence-electron chi connectivity index (χ0n) is 11.4. The van der Waals surface area contributed by atoms with E-state index >= 15 is 0 Å². The number of aryl methyl sites for hydroxylation is 1.